The summed E-state index contributed by atoms with van der Waals surface area (Å²) in [6, 6.07) is 13.3. The van der Waals surface area contributed by atoms with Gasteiger partial charge in [-0.05, 0) is 98.3 Å². The van der Waals surface area contributed by atoms with Crippen molar-refractivity contribution in [3.63, 3.8) is 0 Å². The lowest BCUT2D eigenvalue weighted by Crippen LogP contribution is -2.36. The first-order valence-electron chi connectivity index (χ1n) is 10.4. The number of imide groups is 1. The van der Waals surface area contributed by atoms with Gasteiger partial charge in [-0.25, -0.2) is 4.39 Å². The van der Waals surface area contributed by atoms with Crippen molar-refractivity contribution in [3.8, 4) is 5.69 Å². The lowest BCUT2D eigenvalue weighted by atomic mass is 10.2. The van der Waals surface area contributed by atoms with E-state index in [0.717, 1.165) is 49.3 Å². The number of thioether (sulfide) groups is 1. The van der Waals surface area contributed by atoms with Gasteiger partial charge in [-0.15, -0.1) is 0 Å². The molecule has 3 aromatic rings. The van der Waals surface area contributed by atoms with E-state index >= 15 is 0 Å². The quantitative estimate of drug-likeness (QED) is 0.403. The van der Waals surface area contributed by atoms with Crippen LogP contribution in [-0.4, -0.2) is 33.1 Å². The minimum absolute atomic E-state index is 0.256. The smallest absolute Gasteiger partial charge is 0.294 e. The lowest BCUT2D eigenvalue weighted by molar-refractivity contribution is -0.127. The molecular formula is C25H21BrFN3O3S. The monoisotopic (exact) mass is 541 g/mol. The van der Waals surface area contributed by atoms with Crippen LogP contribution in [0.5, 0.6) is 0 Å². The molecule has 2 aromatic carbocycles. The molecular weight excluding hydrogens is 521 g/mol. The van der Waals surface area contributed by atoms with E-state index in [2.05, 4.69) is 31.9 Å². The van der Waals surface area contributed by atoms with E-state index in [1.165, 1.54) is 24.3 Å². The molecule has 1 saturated heterocycles. The molecule has 4 rings (SSSR count). The highest BCUT2D eigenvalue weighted by Crippen LogP contribution is 2.34. The number of carbonyl (C=O) groups is 3. The van der Waals surface area contributed by atoms with Gasteiger partial charge in [0.2, 0.25) is 5.91 Å². The SMILES string of the molecule is Cc1cc(-n2c(C)cc(/C=C3\SC(=O)N(CC(=O)Nc4ccc(F)cc4)C3=O)c2C)ccc1Br. The molecule has 0 aliphatic carbocycles. The molecule has 3 amide bonds. The predicted octanol–water partition coefficient (Wildman–Crippen LogP) is 5.98. The Bertz CT molecular complexity index is 1350. The molecule has 0 radical (unpaired) electrons. The zero-order chi connectivity index (χ0) is 24.6. The molecule has 1 aliphatic rings. The summed E-state index contributed by atoms with van der Waals surface area (Å²) in [5, 5.41) is 2.05. The molecule has 0 bridgehead atoms. The Morgan fingerprint density at radius 3 is 2.47 bits per heavy atom. The van der Waals surface area contributed by atoms with E-state index in [4.69, 9.17) is 0 Å². The second-order valence-electron chi connectivity index (χ2n) is 7.92. The Labute approximate surface area is 209 Å². The van der Waals surface area contributed by atoms with Gasteiger partial charge in [0.15, 0.2) is 0 Å². The normalized spacial score (nSPS) is 14.9. The minimum atomic E-state index is -0.543. The van der Waals surface area contributed by atoms with Crippen molar-refractivity contribution in [2.24, 2.45) is 0 Å². The highest BCUT2D eigenvalue weighted by atomic mass is 79.9. The van der Waals surface area contributed by atoms with Gasteiger partial charge in [0.1, 0.15) is 12.4 Å². The first kappa shape index (κ1) is 24.0. The molecule has 0 atom stereocenters. The van der Waals surface area contributed by atoms with Crippen LogP contribution in [0.4, 0.5) is 14.9 Å². The number of nitrogens with zero attached hydrogens (tertiary/aromatic N) is 2. The molecule has 34 heavy (non-hydrogen) atoms. The second-order valence-corrected chi connectivity index (χ2v) is 9.77. The third-order valence-corrected chi connectivity index (χ3v) is 7.26. The maximum absolute atomic E-state index is 13.0. The number of nitrogens with one attached hydrogen (secondary N) is 1. The van der Waals surface area contributed by atoms with E-state index in [0.29, 0.717) is 5.69 Å². The summed E-state index contributed by atoms with van der Waals surface area (Å²) in [6.07, 6.45) is 1.69. The van der Waals surface area contributed by atoms with Gasteiger partial charge in [-0.1, -0.05) is 15.9 Å². The first-order valence-corrected chi connectivity index (χ1v) is 12.0. The summed E-state index contributed by atoms with van der Waals surface area (Å²) in [7, 11) is 0. The van der Waals surface area contributed by atoms with Gasteiger partial charge >= 0.3 is 0 Å². The van der Waals surface area contributed by atoms with Crippen LogP contribution in [0.1, 0.15) is 22.5 Å². The number of hydrogen-bond donors (Lipinski definition) is 1. The van der Waals surface area contributed by atoms with Crippen LogP contribution in [0.2, 0.25) is 0 Å². The van der Waals surface area contributed by atoms with Gasteiger partial charge < -0.3 is 9.88 Å². The van der Waals surface area contributed by atoms with Gasteiger partial charge in [0.25, 0.3) is 11.1 Å². The van der Waals surface area contributed by atoms with Crippen LogP contribution in [0, 0.1) is 26.6 Å². The molecule has 0 saturated carbocycles. The summed E-state index contributed by atoms with van der Waals surface area (Å²) in [4.78, 5) is 38.8. The summed E-state index contributed by atoms with van der Waals surface area (Å²) in [5.74, 6) is -1.49. The number of rotatable bonds is 5. The third-order valence-electron chi connectivity index (χ3n) is 5.46. The van der Waals surface area contributed by atoms with Gasteiger partial charge in [-0.3, -0.25) is 19.3 Å². The van der Waals surface area contributed by atoms with Crippen molar-refractivity contribution in [3.05, 3.63) is 86.2 Å². The van der Waals surface area contributed by atoms with Crippen molar-refractivity contribution in [1.82, 2.24) is 9.47 Å². The van der Waals surface area contributed by atoms with Crippen LogP contribution in [-0.2, 0) is 9.59 Å². The number of aryl methyl sites for hydroxylation is 2. The minimum Gasteiger partial charge on any atom is -0.325 e. The van der Waals surface area contributed by atoms with Crippen molar-refractivity contribution < 1.29 is 18.8 Å². The second kappa shape index (κ2) is 9.60. The molecule has 1 N–H and O–H groups in total. The van der Waals surface area contributed by atoms with Crippen LogP contribution >= 0.6 is 27.7 Å². The van der Waals surface area contributed by atoms with Gasteiger partial charge in [-0.2, -0.15) is 0 Å². The Balaban J connectivity index is 1.53. The Hall–Kier alpha value is -3.17. The number of benzene rings is 2. The molecule has 1 aromatic heterocycles. The van der Waals surface area contributed by atoms with E-state index in [9.17, 15) is 18.8 Å². The first-order chi connectivity index (χ1) is 16.1. The molecule has 0 spiro atoms. The predicted molar refractivity (Wildman–Crippen MR) is 135 cm³/mol. The van der Waals surface area contributed by atoms with E-state index in [1.54, 1.807) is 6.08 Å². The lowest BCUT2D eigenvalue weighted by Gasteiger charge is -2.12. The number of halogens is 2. The zero-order valence-corrected chi connectivity index (χ0v) is 21.1. The van der Waals surface area contributed by atoms with Crippen LogP contribution < -0.4 is 5.32 Å². The van der Waals surface area contributed by atoms with E-state index < -0.39 is 29.4 Å². The molecule has 9 heteroatoms. The largest absolute Gasteiger partial charge is 0.325 e. The highest BCUT2D eigenvalue weighted by Gasteiger charge is 2.36. The average Bonchev–Trinajstić information content (AvgIpc) is 3.21. The molecule has 1 aliphatic heterocycles. The summed E-state index contributed by atoms with van der Waals surface area (Å²) in [5.41, 5.74) is 5.22. The van der Waals surface area contributed by atoms with Gasteiger partial charge in [0, 0.05) is 27.2 Å². The highest BCUT2D eigenvalue weighted by molar-refractivity contribution is 9.10. The van der Waals surface area contributed by atoms with Crippen LogP contribution in [0.25, 0.3) is 11.8 Å². The van der Waals surface area contributed by atoms with Crippen molar-refractivity contribution >= 4 is 56.5 Å². The standard InChI is InChI=1S/C25H21BrFN3O3S/c1-14-10-20(8-9-21(14)26)30-15(2)11-17(16(30)3)12-22-24(32)29(25(33)34-22)13-23(31)28-19-6-4-18(27)5-7-19/h4-12H,13H2,1-3H3,(H,28,31)/b22-12-. The fourth-order valence-corrected chi connectivity index (χ4v) is 4.83. The molecule has 6 nitrogen and oxygen atoms in total. The number of hydrogen-bond acceptors (Lipinski definition) is 4. The Kier molecular flexibility index (Phi) is 6.77. The molecule has 174 valence electrons. The maximum atomic E-state index is 13.0. The number of aromatic nitrogens is 1. The maximum Gasteiger partial charge on any atom is 0.294 e. The summed E-state index contributed by atoms with van der Waals surface area (Å²) in [6.45, 7) is 5.53. The topological polar surface area (TPSA) is 71.4 Å². The van der Waals surface area contributed by atoms with Crippen molar-refractivity contribution in [2.75, 3.05) is 11.9 Å². The van der Waals surface area contributed by atoms with Crippen molar-refractivity contribution in [2.45, 2.75) is 20.8 Å². The number of carbonyl (C=O) groups excluding carboxylic acids is 3. The fourth-order valence-electron chi connectivity index (χ4n) is 3.75. The van der Waals surface area contributed by atoms with E-state index in [-0.39, 0.29) is 4.91 Å². The fraction of sp³-hybridized carbons (Fsp3) is 0.160. The van der Waals surface area contributed by atoms with Gasteiger partial charge in [0.05, 0.1) is 4.91 Å². The van der Waals surface area contributed by atoms with E-state index in [1.807, 2.05) is 39.0 Å². The third kappa shape index (κ3) is 4.85. The van der Waals surface area contributed by atoms with Crippen LogP contribution in [0.3, 0.4) is 0 Å². The Morgan fingerprint density at radius 1 is 1.09 bits per heavy atom. The summed E-state index contributed by atoms with van der Waals surface area (Å²) < 4.78 is 16.2. The average molecular weight is 542 g/mol. The number of amides is 3. The number of anilines is 1. The molecule has 0 unspecified atom stereocenters. The molecule has 1 fully saturated rings. The van der Waals surface area contributed by atoms with Crippen molar-refractivity contribution in [1.29, 1.82) is 0 Å². The zero-order valence-electron chi connectivity index (χ0n) is 18.7. The Morgan fingerprint density at radius 2 is 1.79 bits per heavy atom. The summed E-state index contributed by atoms with van der Waals surface area (Å²) >= 11 is 4.32. The molecule has 2 heterocycles. The van der Waals surface area contributed by atoms with Crippen LogP contribution in [0.15, 0.2) is 57.9 Å².